The van der Waals surface area contributed by atoms with Crippen LogP contribution in [-0.4, -0.2) is 46.8 Å². The molecule has 2 aromatic carbocycles. The summed E-state index contributed by atoms with van der Waals surface area (Å²) in [5, 5.41) is 9.28. The van der Waals surface area contributed by atoms with Gasteiger partial charge in [0.25, 0.3) is 0 Å². The van der Waals surface area contributed by atoms with Crippen molar-refractivity contribution >= 4 is 12.1 Å². The Morgan fingerprint density at radius 1 is 1.11 bits per heavy atom. The van der Waals surface area contributed by atoms with Crippen molar-refractivity contribution in [1.82, 2.24) is 9.88 Å². The molecule has 1 amide bonds. The maximum Gasteiger partial charge on any atom is 0.409 e. The highest BCUT2D eigenvalue weighted by molar-refractivity contribution is 5.70. The van der Waals surface area contributed by atoms with Crippen LogP contribution in [0.3, 0.4) is 0 Å². The number of amides is 1. The summed E-state index contributed by atoms with van der Waals surface area (Å²) in [6, 6.07) is 17.4. The second-order valence-electron chi connectivity index (χ2n) is 9.15. The van der Waals surface area contributed by atoms with E-state index in [1.807, 2.05) is 54.6 Å². The summed E-state index contributed by atoms with van der Waals surface area (Å²) in [4.78, 5) is 29.4. The molecule has 1 saturated carbocycles. The van der Waals surface area contributed by atoms with E-state index in [1.165, 1.54) is 6.39 Å². The van der Waals surface area contributed by atoms with Crippen LogP contribution in [0.5, 0.6) is 5.75 Å². The minimum Gasteiger partial charge on any atom is -0.490 e. The summed E-state index contributed by atoms with van der Waals surface area (Å²) in [6.07, 6.45) is 5.16. The maximum absolute atomic E-state index is 12.3. The van der Waals surface area contributed by atoms with Crippen LogP contribution >= 0.6 is 0 Å². The fourth-order valence-electron chi connectivity index (χ4n) is 4.47. The first-order valence-corrected chi connectivity index (χ1v) is 12.3. The Hall–Kier alpha value is -3.81. The van der Waals surface area contributed by atoms with Gasteiger partial charge in [-0.05, 0) is 61.9 Å². The van der Waals surface area contributed by atoms with Gasteiger partial charge in [-0.15, -0.1) is 0 Å². The van der Waals surface area contributed by atoms with E-state index in [-0.39, 0.29) is 24.7 Å². The smallest absolute Gasteiger partial charge is 0.409 e. The minimum absolute atomic E-state index is 0.0808. The number of aryl methyl sites for hydroxylation is 1. The van der Waals surface area contributed by atoms with Crippen LogP contribution in [0.4, 0.5) is 4.79 Å². The van der Waals surface area contributed by atoms with E-state index in [9.17, 15) is 14.7 Å². The number of carbonyl (C=O) groups excluding carboxylic acids is 1. The lowest BCUT2D eigenvalue weighted by molar-refractivity contribution is -0.143. The highest BCUT2D eigenvalue weighted by Crippen LogP contribution is 2.30. The Labute approximate surface area is 210 Å². The predicted octanol–water partition coefficient (Wildman–Crippen LogP) is 5.57. The average Bonchev–Trinajstić information content (AvgIpc) is 3.36. The van der Waals surface area contributed by atoms with Gasteiger partial charge in [-0.3, -0.25) is 4.79 Å². The van der Waals surface area contributed by atoms with Gasteiger partial charge < -0.3 is 23.9 Å². The Bertz CT molecular complexity index is 1130. The zero-order valence-corrected chi connectivity index (χ0v) is 20.5. The number of benzene rings is 2. The largest absolute Gasteiger partial charge is 0.490 e. The zero-order valence-electron chi connectivity index (χ0n) is 20.5. The summed E-state index contributed by atoms with van der Waals surface area (Å²) < 4.78 is 17.0. The zero-order chi connectivity index (χ0) is 25.3. The number of carboxylic acid groups (broad SMARTS) is 1. The summed E-state index contributed by atoms with van der Waals surface area (Å²) in [5.41, 5.74) is 2.69. The van der Waals surface area contributed by atoms with Crippen LogP contribution < -0.4 is 4.74 Å². The van der Waals surface area contributed by atoms with Gasteiger partial charge in [0.2, 0.25) is 0 Å². The van der Waals surface area contributed by atoms with Gasteiger partial charge in [-0.2, -0.15) is 0 Å². The van der Waals surface area contributed by atoms with Crippen LogP contribution in [0.25, 0.3) is 11.3 Å². The van der Waals surface area contributed by atoms with Crippen molar-refractivity contribution in [3.05, 3.63) is 72.3 Å². The molecule has 8 heteroatoms. The number of aromatic nitrogens is 1. The number of carbonyl (C=O) groups is 2. The molecule has 0 bridgehead atoms. The van der Waals surface area contributed by atoms with Gasteiger partial charge in [0.1, 0.15) is 17.2 Å². The SMILES string of the molecule is CN(Cc1ccccc1)C(=O)OCCCc1ocnc1-c1ccc(O[C@H]2CCC[C@H](C(=O)O)C2)cc1. The maximum atomic E-state index is 12.3. The van der Waals surface area contributed by atoms with Crippen molar-refractivity contribution < 1.29 is 28.6 Å². The molecule has 36 heavy (non-hydrogen) atoms. The number of aliphatic carboxylic acids is 1. The second kappa shape index (κ2) is 12.2. The lowest BCUT2D eigenvalue weighted by atomic mass is 9.87. The van der Waals surface area contributed by atoms with Crippen molar-refractivity contribution in [2.45, 2.75) is 51.2 Å². The highest BCUT2D eigenvalue weighted by Gasteiger charge is 2.28. The second-order valence-corrected chi connectivity index (χ2v) is 9.15. The molecule has 1 heterocycles. The monoisotopic (exact) mass is 492 g/mol. The third-order valence-electron chi connectivity index (χ3n) is 6.39. The van der Waals surface area contributed by atoms with Gasteiger partial charge in [0.15, 0.2) is 6.39 Å². The topological polar surface area (TPSA) is 102 Å². The van der Waals surface area contributed by atoms with E-state index in [1.54, 1.807) is 11.9 Å². The number of rotatable bonds is 10. The quantitative estimate of drug-likeness (QED) is 0.369. The molecule has 8 nitrogen and oxygen atoms in total. The van der Waals surface area contributed by atoms with Gasteiger partial charge in [0.05, 0.1) is 18.6 Å². The van der Waals surface area contributed by atoms with E-state index in [0.29, 0.717) is 38.0 Å². The van der Waals surface area contributed by atoms with E-state index >= 15 is 0 Å². The number of ether oxygens (including phenoxy) is 2. The van der Waals surface area contributed by atoms with Crippen LogP contribution in [-0.2, 0) is 22.5 Å². The van der Waals surface area contributed by atoms with Gasteiger partial charge in [-0.1, -0.05) is 30.3 Å². The van der Waals surface area contributed by atoms with Crippen LogP contribution in [0.2, 0.25) is 0 Å². The molecule has 2 atom stereocenters. The molecule has 1 fully saturated rings. The number of nitrogens with zero attached hydrogens (tertiary/aromatic N) is 2. The Balaban J connectivity index is 1.24. The Morgan fingerprint density at radius 3 is 2.64 bits per heavy atom. The average molecular weight is 493 g/mol. The number of hydrogen-bond acceptors (Lipinski definition) is 6. The van der Waals surface area contributed by atoms with E-state index < -0.39 is 5.97 Å². The molecule has 0 spiro atoms. The molecule has 4 rings (SSSR count). The summed E-state index contributed by atoms with van der Waals surface area (Å²) >= 11 is 0. The molecular formula is C28H32N2O6. The van der Waals surface area contributed by atoms with Crippen molar-refractivity contribution in [1.29, 1.82) is 0 Å². The lowest BCUT2D eigenvalue weighted by Gasteiger charge is -2.27. The van der Waals surface area contributed by atoms with Gasteiger partial charge in [0, 0.05) is 25.6 Å². The summed E-state index contributed by atoms with van der Waals surface area (Å²) in [7, 11) is 1.72. The summed E-state index contributed by atoms with van der Waals surface area (Å²) in [5.74, 6) is 0.371. The van der Waals surface area contributed by atoms with Crippen molar-refractivity contribution in [2.75, 3.05) is 13.7 Å². The highest BCUT2D eigenvalue weighted by atomic mass is 16.6. The number of carboxylic acids is 1. The van der Waals surface area contributed by atoms with E-state index in [0.717, 1.165) is 35.4 Å². The van der Waals surface area contributed by atoms with Crippen LogP contribution in [0, 0.1) is 5.92 Å². The van der Waals surface area contributed by atoms with Gasteiger partial charge in [-0.25, -0.2) is 9.78 Å². The van der Waals surface area contributed by atoms with Crippen molar-refractivity contribution in [3.8, 4) is 17.0 Å². The molecule has 1 aromatic heterocycles. The van der Waals surface area contributed by atoms with Crippen molar-refractivity contribution in [2.24, 2.45) is 5.92 Å². The van der Waals surface area contributed by atoms with E-state index in [2.05, 4.69) is 4.98 Å². The molecule has 0 radical (unpaired) electrons. The number of hydrogen-bond donors (Lipinski definition) is 1. The third-order valence-corrected chi connectivity index (χ3v) is 6.39. The van der Waals surface area contributed by atoms with Crippen LogP contribution in [0.1, 0.15) is 43.4 Å². The molecule has 190 valence electrons. The van der Waals surface area contributed by atoms with Crippen molar-refractivity contribution in [3.63, 3.8) is 0 Å². The molecule has 0 saturated heterocycles. The molecule has 1 aliphatic rings. The first-order chi connectivity index (χ1) is 17.5. The fourth-order valence-corrected chi connectivity index (χ4v) is 4.47. The lowest BCUT2D eigenvalue weighted by Crippen LogP contribution is -2.29. The first-order valence-electron chi connectivity index (χ1n) is 12.3. The predicted molar refractivity (Wildman–Crippen MR) is 134 cm³/mol. The number of oxazole rings is 1. The fraction of sp³-hybridized carbons (Fsp3) is 0.393. The first kappa shape index (κ1) is 25.3. The van der Waals surface area contributed by atoms with E-state index in [4.69, 9.17) is 13.9 Å². The Morgan fingerprint density at radius 2 is 1.89 bits per heavy atom. The molecule has 0 unspecified atom stereocenters. The summed E-state index contributed by atoms with van der Waals surface area (Å²) in [6.45, 7) is 0.774. The standard InChI is InChI=1S/C28H32N2O6/c1-30(18-20-7-3-2-4-8-20)28(33)34-16-6-11-25-26(29-19-35-25)21-12-14-23(15-13-21)36-24-10-5-9-22(17-24)27(31)32/h2-4,7-8,12-15,19,22,24H,5-6,9-11,16-18H2,1H3,(H,31,32)/t22-,24-/m0/s1. The molecule has 0 aliphatic heterocycles. The molecule has 1 N–H and O–H groups in total. The molecule has 3 aromatic rings. The third kappa shape index (κ3) is 6.87. The molecular weight excluding hydrogens is 460 g/mol. The minimum atomic E-state index is -0.744. The molecule has 1 aliphatic carbocycles. The van der Waals surface area contributed by atoms with Crippen LogP contribution in [0.15, 0.2) is 65.4 Å². The normalized spacial score (nSPS) is 17.4. The van der Waals surface area contributed by atoms with Gasteiger partial charge >= 0.3 is 12.1 Å². The Kier molecular flexibility index (Phi) is 8.60.